The van der Waals surface area contributed by atoms with E-state index in [1.807, 2.05) is 23.1 Å². The van der Waals surface area contributed by atoms with Gasteiger partial charge in [0.1, 0.15) is 0 Å². The predicted molar refractivity (Wildman–Crippen MR) is 85.8 cm³/mol. The molecule has 2 heterocycles. The molecule has 1 aromatic carbocycles. The van der Waals surface area contributed by atoms with Crippen LogP contribution >= 0.6 is 11.3 Å². The predicted octanol–water partition coefficient (Wildman–Crippen LogP) is 3.81. The molecule has 2 aliphatic rings. The number of carbonyl (C=O) groups is 1. The van der Waals surface area contributed by atoms with Crippen molar-refractivity contribution in [3.63, 3.8) is 0 Å². The van der Waals surface area contributed by atoms with E-state index in [0.717, 1.165) is 19.4 Å². The Labute approximate surface area is 128 Å². The number of rotatable bonds is 4. The fourth-order valence-electron chi connectivity index (χ4n) is 3.14. The minimum Gasteiger partial charge on any atom is -0.315 e. The number of thiophene rings is 1. The summed E-state index contributed by atoms with van der Waals surface area (Å²) in [5.41, 5.74) is 2.42. The second-order valence-electron chi connectivity index (χ2n) is 5.75. The molecule has 2 nitrogen and oxygen atoms in total. The number of allylic oxidation sites excluding steroid dienone is 1. The van der Waals surface area contributed by atoms with E-state index in [0.29, 0.717) is 11.8 Å². The summed E-state index contributed by atoms with van der Waals surface area (Å²) >= 11 is 1.77. The van der Waals surface area contributed by atoms with Gasteiger partial charge >= 0.3 is 0 Å². The molecule has 1 aliphatic carbocycles. The number of amides is 1. The maximum absolute atomic E-state index is 12.4. The summed E-state index contributed by atoms with van der Waals surface area (Å²) in [4.78, 5) is 15.8. The van der Waals surface area contributed by atoms with Crippen molar-refractivity contribution in [2.45, 2.75) is 12.8 Å². The quantitative estimate of drug-likeness (QED) is 0.840. The van der Waals surface area contributed by atoms with E-state index in [1.165, 1.54) is 16.1 Å². The normalized spacial score (nSPS) is 25.4. The number of benzene rings is 1. The summed E-state index contributed by atoms with van der Waals surface area (Å²) in [5.74, 6) is 1.07. The van der Waals surface area contributed by atoms with Crippen LogP contribution < -0.4 is 0 Å². The largest absolute Gasteiger partial charge is 0.315 e. The van der Waals surface area contributed by atoms with E-state index >= 15 is 0 Å². The molecule has 1 saturated carbocycles. The second-order valence-corrected chi connectivity index (χ2v) is 6.78. The molecule has 0 spiro atoms. The minimum absolute atomic E-state index is 0.267. The molecule has 2 atom stereocenters. The van der Waals surface area contributed by atoms with Gasteiger partial charge in [-0.2, -0.15) is 0 Å². The van der Waals surface area contributed by atoms with Crippen LogP contribution in [-0.2, 0) is 11.2 Å². The molecule has 1 amide bonds. The van der Waals surface area contributed by atoms with Gasteiger partial charge in [0.15, 0.2) is 0 Å². The van der Waals surface area contributed by atoms with Gasteiger partial charge in [0.2, 0.25) is 5.91 Å². The van der Waals surface area contributed by atoms with Gasteiger partial charge in [-0.05, 0) is 35.9 Å². The molecule has 2 fully saturated rings. The third-order valence-corrected chi connectivity index (χ3v) is 5.28. The molecule has 1 aromatic heterocycles. The molecule has 2 aromatic rings. The van der Waals surface area contributed by atoms with Crippen LogP contribution in [0.1, 0.15) is 16.9 Å². The number of carbonyl (C=O) groups excluding carboxylic acids is 1. The van der Waals surface area contributed by atoms with Crippen LogP contribution in [0.25, 0.3) is 6.08 Å². The first-order chi connectivity index (χ1) is 10.3. The van der Waals surface area contributed by atoms with Crippen molar-refractivity contribution < 1.29 is 4.79 Å². The highest BCUT2D eigenvalue weighted by Gasteiger charge is 2.55. The fourth-order valence-corrected chi connectivity index (χ4v) is 3.84. The van der Waals surface area contributed by atoms with Gasteiger partial charge in [-0.25, -0.2) is 0 Å². The summed E-state index contributed by atoms with van der Waals surface area (Å²) in [5, 5.41) is 2.10. The van der Waals surface area contributed by atoms with Crippen LogP contribution in [0.15, 0.2) is 53.5 Å². The van der Waals surface area contributed by atoms with Gasteiger partial charge in [-0.15, -0.1) is 11.3 Å². The van der Waals surface area contributed by atoms with Crippen molar-refractivity contribution in [1.29, 1.82) is 0 Å². The smallest absolute Gasteiger partial charge is 0.230 e. The van der Waals surface area contributed by atoms with Crippen molar-refractivity contribution in [1.82, 2.24) is 4.90 Å². The fraction of sp³-hybridized carbons (Fsp3) is 0.278. The molecule has 3 heteroatoms. The number of fused-ring (bicyclic) bond motifs is 1. The second kappa shape index (κ2) is 5.15. The van der Waals surface area contributed by atoms with Crippen LogP contribution in [0.3, 0.4) is 0 Å². The molecule has 2 unspecified atom stereocenters. The average molecular weight is 295 g/mol. The average Bonchev–Trinajstić information content (AvgIpc) is 3.05. The number of hydrogen-bond donors (Lipinski definition) is 0. The third-order valence-electron chi connectivity index (χ3n) is 4.34. The van der Waals surface area contributed by atoms with Gasteiger partial charge in [0.05, 0.1) is 0 Å². The zero-order valence-corrected chi connectivity index (χ0v) is 12.6. The maximum atomic E-state index is 12.4. The Morgan fingerprint density at radius 3 is 2.76 bits per heavy atom. The van der Waals surface area contributed by atoms with Crippen LogP contribution in [0.4, 0.5) is 0 Å². The number of piperidine rings is 1. The van der Waals surface area contributed by atoms with Crippen molar-refractivity contribution in [2.24, 2.45) is 11.8 Å². The van der Waals surface area contributed by atoms with Crippen molar-refractivity contribution >= 4 is 23.3 Å². The standard InChI is InChI=1S/C18H17NOS/c20-18-16-12-15(16)17(11-13-5-2-1-3-6-13)19(18)9-8-14-7-4-10-21-14/h1-7,10-11,15-16H,8-9,12H2/b17-11-. The summed E-state index contributed by atoms with van der Waals surface area (Å²) in [6.45, 7) is 0.811. The highest BCUT2D eigenvalue weighted by Crippen LogP contribution is 2.53. The molecular weight excluding hydrogens is 278 g/mol. The number of hydrogen-bond acceptors (Lipinski definition) is 2. The molecule has 0 N–H and O–H groups in total. The molecule has 1 saturated heterocycles. The highest BCUT2D eigenvalue weighted by atomic mass is 32.1. The third kappa shape index (κ3) is 2.42. The molecule has 0 bridgehead atoms. The lowest BCUT2D eigenvalue weighted by atomic mass is 10.1. The molecule has 106 valence electrons. The summed E-state index contributed by atoms with van der Waals surface area (Å²) in [7, 11) is 0. The van der Waals surface area contributed by atoms with Crippen LogP contribution in [0.5, 0.6) is 0 Å². The zero-order valence-electron chi connectivity index (χ0n) is 11.7. The van der Waals surface area contributed by atoms with Crippen LogP contribution in [0, 0.1) is 11.8 Å². The van der Waals surface area contributed by atoms with Crippen LogP contribution in [0.2, 0.25) is 0 Å². The lowest BCUT2D eigenvalue weighted by Crippen LogP contribution is -2.29. The number of likely N-dealkylation sites (tertiary alicyclic amines) is 1. The first kappa shape index (κ1) is 12.8. The Morgan fingerprint density at radius 2 is 2.00 bits per heavy atom. The van der Waals surface area contributed by atoms with E-state index < -0.39 is 0 Å². The maximum Gasteiger partial charge on any atom is 0.230 e. The SMILES string of the molecule is O=C1C2CC2/C(=C/c2ccccc2)N1CCc1cccs1. The molecule has 21 heavy (non-hydrogen) atoms. The minimum atomic E-state index is 0.267. The van der Waals surface area contributed by atoms with E-state index in [4.69, 9.17) is 0 Å². The van der Waals surface area contributed by atoms with Gasteiger partial charge in [0.25, 0.3) is 0 Å². The Kier molecular flexibility index (Phi) is 3.15. The van der Waals surface area contributed by atoms with Gasteiger partial charge in [-0.3, -0.25) is 4.79 Å². The first-order valence-corrected chi connectivity index (χ1v) is 8.31. The van der Waals surface area contributed by atoms with Gasteiger partial charge in [0, 0.05) is 29.0 Å². The van der Waals surface area contributed by atoms with E-state index in [-0.39, 0.29) is 5.92 Å². The molecule has 4 rings (SSSR count). The summed E-state index contributed by atoms with van der Waals surface area (Å²) in [6, 6.07) is 14.5. The molecular formula is C18H17NOS. The summed E-state index contributed by atoms with van der Waals surface area (Å²) in [6.07, 6.45) is 4.20. The van der Waals surface area contributed by atoms with Crippen molar-refractivity contribution in [3.05, 3.63) is 64.0 Å². The Hall–Kier alpha value is -1.87. The lowest BCUT2D eigenvalue weighted by molar-refractivity contribution is -0.128. The topological polar surface area (TPSA) is 20.3 Å². The van der Waals surface area contributed by atoms with E-state index in [1.54, 1.807) is 11.3 Å². The zero-order chi connectivity index (χ0) is 14.2. The Balaban J connectivity index is 1.56. The van der Waals surface area contributed by atoms with Crippen molar-refractivity contribution in [2.75, 3.05) is 6.54 Å². The van der Waals surface area contributed by atoms with E-state index in [9.17, 15) is 4.79 Å². The molecule has 1 aliphatic heterocycles. The van der Waals surface area contributed by atoms with Crippen LogP contribution in [-0.4, -0.2) is 17.4 Å². The number of nitrogens with zero attached hydrogens (tertiary/aromatic N) is 1. The lowest BCUT2D eigenvalue weighted by Gasteiger charge is -2.21. The Morgan fingerprint density at radius 1 is 1.14 bits per heavy atom. The first-order valence-electron chi connectivity index (χ1n) is 7.43. The van der Waals surface area contributed by atoms with Gasteiger partial charge < -0.3 is 4.90 Å². The Bertz CT molecular complexity index is 675. The molecule has 0 radical (unpaired) electrons. The summed E-state index contributed by atoms with van der Waals surface area (Å²) < 4.78 is 0. The highest BCUT2D eigenvalue weighted by molar-refractivity contribution is 7.09. The van der Waals surface area contributed by atoms with Crippen molar-refractivity contribution in [3.8, 4) is 0 Å². The van der Waals surface area contributed by atoms with E-state index in [2.05, 4.69) is 35.7 Å². The van der Waals surface area contributed by atoms with Gasteiger partial charge in [-0.1, -0.05) is 36.4 Å². The monoisotopic (exact) mass is 295 g/mol.